The summed E-state index contributed by atoms with van der Waals surface area (Å²) in [4.78, 5) is 0. The van der Waals surface area contributed by atoms with Crippen molar-refractivity contribution in [2.75, 3.05) is 21.3 Å². The molecule has 0 aliphatic carbocycles. The number of hydrogen-bond donors (Lipinski definition) is 0. The second-order valence-corrected chi connectivity index (χ2v) is 4.32. The number of benzene rings is 1. The lowest BCUT2D eigenvalue weighted by molar-refractivity contribution is 0.324. The van der Waals surface area contributed by atoms with E-state index in [2.05, 4.69) is 6.58 Å². The summed E-state index contributed by atoms with van der Waals surface area (Å²) in [5.41, 5.74) is 2.10. The molecule has 1 aromatic rings. The van der Waals surface area contributed by atoms with E-state index in [1.807, 2.05) is 49.4 Å². The van der Waals surface area contributed by atoms with Gasteiger partial charge in [0.25, 0.3) is 0 Å². The Balaban J connectivity index is 3.06. The van der Waals surface area contributed by atoms with Crippen molar-refractivity contribution in [1.82, 2.24) is 0 Å². The Morgan fingerprint density at radius 1 is 1.00 bits per heavy atom. The summed E-state index contributed by atoms with van der Waals surface area (Å²) in [7, 11) is 4.81. The van der Waals surface area contributed by atoms with Crippen molar-refractivity contribution in [2.24, 2.45) is 0 Å². The van der Waals surface area contributed by atoms with Crippen LogP contribution in [0.5, 0.6) is 17.2 Å². The molecule has 0 saturated carbocycles. The molecule has 21 heavy (non-hydrogen) atoms. The highest BCUT2D eigenvalue weighted by Gasteiger charge is 2.11. The number of rotatable bonds is 7. The quantitative estimate of drug-likeness (QED) is 0.695. The van der Waals surface area contributed by atoms with Crippen LogP contribution in [0.1, 0.15) is 12.5 Å². The van der Waals surface area contributed by atoms with Gasteiger partial charge in [-0.25, -0.2) is 0 Å². The molecular weight excluding hydrogens is 264 g/mol. The maximum atomic E-state index is 5.33. The van der Waals surface area contributed by atoms with Gasteiger partial charge in [0.2, 0.25) is 5.75 Å². The van der Waals surface area contributed by atoms with Crippen molar-refractivity contribution in [2.45, 2.75) is 6.92 Å². The van der Waals surface area contributed by atoms with Crippen molar-refractivity contribution >= 4 is 6.08 Å². The molecule has 0 unspecified atom stereocenters. The smallest absolute Gasteiger partial charge is 0.203 e. The van der Waals surface area contributed by atoms with Gasteiger partial charge in [0.05, 0.1) is 21.3 Å². The lowest BCUT2D eigenvalue weighted by atomic mass is 10.1. The SMILES string of the molecule is C=C\C=C/C=C(C)/C=C/c1cc(OC)c(OC)c(OC)c1. The summed E-state index contributed by atoms with van der Waals surface area (Å²) in [6.45, 7) is 5.66. The Morgan fingerprint density at radius 2 is 1.62 bits per heavy atom. The molecule has 1 rings (SSSR count). The molecule has 0 aromatic heterocycles. The van der Waals surface area contributed by atoms with E-state index in [1.165, 1.54) is 0 Å². The molecule has 1 aromatic carbocycles. The Bertz CT molecular complexity index is 541. The van der Waals surface area contributed by atoms with Crippen LogP contribution in [0.4, 0.5) is 0 Å². The minimum Gasteiger partial charge on any atom is -0.493 e. The van der Waals surface area contributed by atoms with Gasteiger partial charge in [0, 0.05) is 0 Å². The minimum atomic E-state index is 0.596. The molecule has 112 valence electrons. The van der Waals surface area contributed by atoms with E-state index >= 15 is 0 Å². The highest BCUT2D eigenvalue weighted by Crippen LogP contribution is 2.38. The maximum absolute atomic E-state index is 5.33. The number of methoxy groups -OCH3 is 3. The van der Waals surface area contributed by atoms with E-state index in [1.54, 1.807) is 27.4 Å². The minimum absolute atomic E-state index is 0.596. The standard InChI is InChI=1S/C18H22O3/c1-6-7-8-9-14(2)10-11-15-12-16(19-3)18(21-5)17(13-15)20-4/h6-13H,1H2,2-5H3/b8-7-,11-10+,14-9+. The molecule has 0 spiro atoms. The largest absolute Gasteiger partial charge is 0.493 e. The van der Waals surface area contributed by atoms with Crippen LogP contribution in [0, 0.1) is 0 Å². The van der Waals surface area contributed by atoms with Crippen LogP contribution < -0.4 is 14.2 Å². The van der Waals surface area contributed by atoms with Crippen molar-refractivity contribution in [3.05, 3.63) is 60.2 Å². The Morgan fingerprint density at radius 3 is 2.10 bits per heavy atom. The predicted octanol–water partition coefficient (Wildman–Crippen LogP) is 4.41. The summed E-state index contributed by atoms with van der Waals surface area (Å²) in [6, 6.07) is 3.81. The van der Waals surface area contributed by atoms with E-state index in [-0.39, 0.29) is 0 Å². The van der Waals surface area contributed by atoms with Crippen LogP contribution in [0.2, 0.25) is 0 Å². The van der Waals surface area contributed by atoms with Crippen LogP contribution >= 0.6 is 0 Å². The first-order chi connectivity index (χ1) is 10.2. The summed E-state index contributed by atoms with van der Waals surface area (Å²) < 4.78 is 16.0. The molecule has 0 radical (unpaired) electrons. The molecule has 0 atom stereocenters. The molecule has 3 nitrogen and oxygen atoms in total. The predicted molar refractivity (Wildman–Crippen MR) is 88.2 cm³/mol. The van der Waals surface area contributed by atoms with Crippen LogP contribution in [-0.4, -0.2) is 21.3 Å². The fourth-order valence-corrected chi connectivity index (χ4v) is 1.77. The van der Waals surface area contributed by atoms with Crippen LogP contribution in [-0.2, 0) is 0 Å². The second kappa shape index (κ2) is 8.69. The summed E-state index contributed by atoms with van der Waals surface area (Å²) in [5, 5.41) is 0. The van der Waals surface area contributed by atoms with Gasteiger partial charge in [-0.2, -0.15) is 0 Å². The fourth-order valence-electron chi connectivity index (χ4n) is 1.77. The molecule has 0 heterocycles. The van der Waals surface area contributed by atoms with Gasteiger partial charge in [-0.05, 0) is 24.6 Å². The summed E-state index contributed by atoms with van der Waals surface area (Å²) in [5.74, 6) is 1.88. The van der Waals surface area contributed by atoms with E-state index in [9.17, 15) is 0 Å². The molecule has 0 saturated heterocycles. The van der Waals surface area contributed by atoms with E-state index in [4.69, 9.17) is 14.2 Å². The highest BCUT2D eigenvalue weighted by atomic mass is 16.5. The third kappa shape index (κ3) is 4.88. The second-order valence-electron chi connectivity index (χ2n) is 4.32. The van der Waals surface area contributed by atoms with Gasteiger partial charge in [0.1, 0.15) is 0 Å². The van der Waals surface area contributed by atoms with Crippen LogP contribution in [0.3, 0.4) is 0 Å². The van der Waals surface area contributed by atoms with Gasteiger partial charge < -0.3 is 14.2 Å². The first-order valence-electron chi connectivity index (χ1n) is 6.60. The van der Waals surface area contributed by atoms with Crippen molar-refractivity contribution in [1.29, 1.82) is 0 Å². The van der Waals surface area contributed by atoms with E-state index < -0.39 is 0 Å². The number of hydrogen-bond acceptors (Lipinski definition) is 3. The van der Waals surface area contributed by atoms with Gasteiger partial charge in [0.15, 0.2) is 11.5 Å². The molecular formula is C18H22O3. The monoisotopic (exact) mass is 286 g/mol. The van der Waals surface area contributed by atoms with Gasteiger partial charge in [-0.3, -0.25) is 0 Å². The Kier molecular flexibility index (Phi) is 6.88. The fraction of sp³-hybridized carbons (Fsp3) is 0.222. The van der Waals surface area contributed by atoms with Gasteiger partial charge in [-0.1, -0.05) is 48.6 Å². The lowest BCUT2D eigenvalue weighted by Crippen LogP contribution is -1.95. The molecule has 0 N–H and O–H groups in total. The van der Waals surface area contributed by atoms with Crippen LogP contribution in [0.15, 0.2) is 54.7 Å². The first-order valence-corrected chi connectivity index (χ1v) is 6.60. The molecule has 0 aliphatic rings. The van der Waals surface area contributed by atoms with E-state index in [0.717, 1.165) is 11.1 Å². The third-order valence-electron chi connectivity index (χ3n) is 2.83. The zero-order valence-corrected chi connectivity index (χ0v) is 13.1. The number of allylic oxidation sites excluding steroid dienone is 6. The van der Waals surface area contributed by atoms with Crippen molar-refractivity contribution in [3.8, 4) is 17.2 Å². The zero-order valence-electron chi connectivity index (χ0n) is 13.1. The molecule has 0 fully saturated rings. The van der Waals surface area contributed by atoms with Gasteiger partial charge in [-0.15, -0.1) is 0 Å². The average Bonchev–Trinajstić information content (AvgIpc) is 2.51. The third-order valence-corrected chi connectivity index (χ3v) is 2.83. The lowest BCUT2D eigenvalue weighted by Gasteiger charge is -2.12. The Hall–Kier alpha value is -2.42. The normalized spacial score (nSPS) is 11.9. The molecule has 3 heteroatoms. The van der Waals surface area contributed by atoms with Crippen molar-refractivity contribution in [3.63, 3.8) is 0 Å². The molecule has 0 bridgehead atoms. The summed E-state index contributed by atoms with van der Waals surface area (Å²) >= 11 is 0. The molecule has 0 amide bonds. The topological polar surface area (TPSA) is 27.7 Å². The first kappa shape index (κ1) is 16.6. The zero-order chi connectivity index (χ0) is 15.7. The van der Waals surface area contributed by atoms with E-state index in [0.29, 0.717) is 17.2 Å². The van der Waals surface area contributed by atoms with Gasteiger partial charge >= 0.3 is 0 Å². The van der Waals surface area contributed by atoms with Crippen LogP contribution in [0.25, 0.3) is 6.08 Å². The molecule has 0 aliphatic heterocycles. The number of ether oxygens (including phenoxy) is 3. The van der Waals surface area contributed by atoms with Crippen molar-refractivity contribution < 1.29 is 14.2 Å². The maximum Gasteiger partial charge on any atom is 0.203 e. The highest BCUT2D eigenvalue weighted by molar-refractivity contribution is 5.63. The Labute approximate surface area is 126 Å². The average molecular weight is 286 g/mol. The summed E-state index contributed by atoms with van der Waals surface area (Å²) in [6.07, 6.45) is 11.6.